The van der Waals surface area contributed by atoms with Crippen molar-refractivity contribution in [3.8, 4) is 5.69 Å². The number of nitrogens with one attached hydrogen (secondary N) is 1. The maximum Gasteiger partial charge on any atom is 0.337 e. The van der Waals surface area contributed by atoms with Crippen LogP contribution in [0.4, 0.5) is 4.39 Å². The molecule has 0 atom stereocenters. The summed E-state index contributed by atoms with van der Waals surface area (Å²) < 4.78 is 14.0. The maximum atomic E-state index is 13.0. The maximum absolute atomic E-state index is 13.0. The summed E-state index contributed by atoms with van der Waals surface area (Å²) in [5.74, 6) is -1.82. The van der Waals surface area contributed by atoms with E-state index in [0.29, 0.717) is 0 Å². The van der Waals surface area contributed by atoms with Gasteiger partial charge in [-0.25, -0.2) is 14.0 Å². The van der Waals surface area contributed by atoms with Crippen LogP contribution in [0.1, 0.15) is 10.4 Å². The Morgan fingerprint density at radius 3 is 2.75 bits per heavy atom. The van der Waals surface area contributed by atoms with E-state index in [2.05, 4.69) is 4.98 Å². The van der Waals surface area contributed by atoms with Gasteiger partial charge in [-0.1, -0.05) is 0 Å². The third-order valence-electron chi connectivity index (χ3n) is 2.10. The summed E-state index contributed by atoms with van der Waals surface area (Å²) in [5.41, 5.74) is -0.657. The molecule has 0 bridgehead atoms. The fraction of sp³-hybridized carbons (Fsp3) is 0. The molecule has 2 rings (SSSR count). The van der Waals surface area contributed by atoms with Crippen molar-refractivity contribution in [3.05, 3.63) is 52.5 Å². The van der Waals surface area contributed by atoms with Gasteiger partial charge in [-0.3, -0.25) is 4.57 Å². The highest BCUT2D eigenvalue weighted by atomic mass is 19.1. The van der Waals surface area contributed by atoms with Crippen molar-refractivity contribution in [1.82, 2.24) is 9.55 Å². The Labute approximate surface area is 88.8 Å². The molecule has 0 aliphatic heterocycles. The van der Waals surface area contributed by atoms with E-state index in [1.807, 2.05) is 0 Å². The topological polar surface area (TPSA) is 75.1 Å². The first-order chi connectivity index (χ1) is 7.59. The molecule has 0 saturated carbocycles. The second-order valence-electron chi connectivity index (χ2n) is 3.10. The Hall–Kier alpha value is -2.37. The average Bonchev–Trinajstić information content (AvgIpc) is 2.63. The molecule has 2 N–H and O–H groups in total. The molecule has 16 heavy (non-hydrogen) atoms. The van der Waals surface area contributed by atoms with Gasteiger partial charge in [-0.15, -0.1) is 0 Å². The SMILES string of the molecule is O=C(O)c1ccc(F)cc1-n1cc[nH]c1=O. The van der Waals surface area contributed by atoms with Gasteiger partial charge >= 0.3 is 11.7 Å². The molecule has 0 fully saturated rings. The number of nitrogens with zero attached hydrogens (tertiary/aromatic N) is 1. The van der Waals surface area contributed by atoms with Crippen LogP contribution in [-0.2, 0) is 0 Å². The largest absolute Gasteiger partial charge is 0.478 e. The molecular formula is C10H7FN2O3. The van der Waals surface area contributed by atoms with Crippen LogP contribution in [-0.4, -0.2) is 20.6 Å². The molecule has 1 heterocycles. The number of hydrogen-bond donors (Lipinski definition) is 2. The van der Waals surface area contributed by atoms with Crippen molar-refractivity contribution >= 4 is 5.97 Å². The average molecular weight is 222 g/mol. The Morgan fingerprint density at radius 1 is 1.44 bits per heavy atom. The highest BCUT2D eigenvalue weighted by Gasteiger charge is 2.13. The zero-order chi connectivity index (χ0) is 11.7. The van der Waals surface area contributed by atoms with Gasteiger partial charge in [0.1, 0.15) is 5.82 Å². The van der Waals surface area contributed by atoms with Crippen molar-refractivity contribution in [2.24, 2.45) is 0 Å². The molecule has 2 aromatic rings. The molecule has 6 heteroatoms. The highest BCUT2D eigenvalue weighted by Crippen LogP contribution is 2.14. The number of benzene rings is 1. The number of aromatic nitrogens is 2. The monoisotopic (exact) mass is 222 g/mol. The van der Waals surface area contributed by atoms with Gasteiger partial charge in [0.15, 0.2) is 0 Å². The molecule has 0 amide bonds. The number of imidazole rings is 1. The molecule has 0 saturated heterocycles. The van der Waals surface area contributed by atoms with Crippen LogP contribution < -0.4 is 5.69 Å². The second-order valence-corrected chi connectivity index (χ2v) is 3.10. The summed E-state index contributed by atoms with van der Waals surface area (Å²) in [6.45, 7) is 0. The van der Waals surface area contributed by atoms with Gasteiger partial charge in [-0.2, -0.15) is 0 Å². The quantitative estimate of drug-likeness (QED) is 0.796. The zero-order valence-corrected chi connectivity index (χ0v) is 7.98. The Kier molecular flexibility index (Phi) is 2.32. The van der Waals surface area contributed by atoms with Crippen molar-refractivity contribution in [2.75, 3.05) is 0 Å². The lowest BCUT2D eigenvalue weighted by Crippen LogP contribution is -2.17. The standard InChI is InChI=1S/C10H7FN2O3/c11-6-1-2-7(9(14)15)8(5-6)13-4-3-12-10(13)16/h1-5H,(H,12,16)(H,14,15). The molecule has 1 aromatic carbocycles. The summed E-state index contributed by atoms with van der Waals surface area (Å²) >= 11 is 0. The van der Waals surface area contributed by atoms with Crippen LogP contribution in [0.3, 0.4) is 0 Å². The number of carboxylic acids is 1. The zero-order valence-electron chi connectivity index (χ0n) is 7.98. The fourth-order valence-corrected chi connectivity index (χ4v) is 1.39. The lowest BCUT2D eigenvalue weighted by atomic mass is 10.1. The van der Waals surface area contributed by atoms with Gasteiger partial charge in [0.05, 0.1) is 11.3 Å². The van der Waals surface area contributed by atoms with Gasteiger partial charge < -0.3 is 10.1 Å². The third kappa shape index (κ3) is 1.60. The number of rotatable bonds is 2. The van der Waals surface area contributed by atoms with Crippen LogP contribution in [0.5, 0.6) is 0 Å². The number of H-pyrrole nitrogens is 1. The first-order valence-electron chi connectivity index (χ1n) is 4.39. The number of carboxylic acid groups (broad SMARTS) is 1. The number of hydrogen-bond acceptors (Lipinski definition) is 2. The number of aromatic amines is 1. The number of halogens is 1. The molecule has 5 nitrogen and oxygen atoms in total. The third-order valence-corrected chi connectivity index (χ3v) is 2.10. The van der Waals surface area contributed by atoms with E-state index in [-0.39, 0.29) is 11.3 Å². The summed E-state index contributed by atoms with van der Waals surface area (Å²) in [4.78, 5) is 24.5. The number of aromatic carboxylic acids is 1. The summed E-state index contributed by atoms with van der Waals surface area (Å²) in [6.07, 6.45) is 2.68. The van der Waals surface area contributed by atoms with Crippen LogP contribution in [0, 0.1) is 5.82 Å². The van der Waals surface area contributed by atoms with Gasteiger partial charge in [-0.05, 0) is 18.2 Å². The molecule has 0 aliphatic rings. The minimum absolute atomic E-state index is 0.00116. The van der Waals surface area contributed by atoms with Crippen molar-refractivity contribution in [1.29, 1.82) is 0 Å². The van der Waals surface area contributed by atoms with Crippen molar-refractivity contribution < 1.29 is 14.3 Å². The van der Waals surface area contributed by atoms with E-state index in [4.69, 9.17) is 5.11 Å². The van der Waals surface area contributed by atoms with Gasteiger partial charge in [0, 0.05) is 12.4 Å². The minimum Gasteiger partial charge on any atom is -0.478 e. The summed E-state index contributed by atoms with van der Waals surface area (Å²) in [6, 6.07) is 3.15. The van der Waals surface area contributed by atoms with Crippen molar-refractivity contribution in [2.45, 2.75) is 0 Å². The molecule has 0 radical (unpaired) electrons. The van der Waals surface area contributed by atoms with Gasteiger partial charge in [0.25, 0.3) is 0 Å². The predicted molar refractivity (Wildman–Crippen MR) is 53.3 cm³/mol. The molecule has 0 aliphatic carbocycles. The lowest BCUT2D eigenvalue weighted by Gasteiger charge is -2.05. The van der Waals surface area contributed by atoms with E-state index in [0.717, 1.165) is 22.8 Å². The normalized spacial score (nSPS) is 10.3. The smallest absolute Gasteiger partial charge is 0.337 e. The van der Waals surface area contributed by atoms with Crippen LogP contribution >= 0.6 is 0 Å². The van der Waals surface area contributed by atoms with Crippen molar-refractivity contribution in [3.63, 3.8) is 0 Å². The highest BCUT2D eigenvalue weighted by molar-refractivity contribution is 5.91. The summed E-state index contributed by atoms with van der Waals surface area (Å²) in [5, 5.41) is 8.90. The molecule has 0 spiro atoms. The first-order valence-corrected chi connectivity index (χ1v) is 4.39. The second kappa shape index (κ2) is 3.65. The van der Waals surface area contributed by atoms with E-state index < -0.39 is 17.5 Å². The lowest BCUT2D eigenvalue weighted by molar-refractivity contribution is 0.0697. The predicted octanol–water partition coefficient (Wildman–Crippen LogP) is 1.00. The minimum atomic E-state index is -1.22. The van der Waals surface area contributed by atoms with E-state index >= 15 is 0 Å². The van der Waals surface area contributed by atoms with E-state index in [1.54, 1.807) is 0 Å². The summed E-state index contributed by atoms with van der Waals surface area (Å²) in [7, 11) is 0. The van der Waals surface area contributed by atoms with Gasteiger partial charge in [0.2, 0.25) is 0 Å². The number of carbonyl (C=O) groups is 1. The molecule has 0 unspecified atom stereocenters. The molecular weight excluding hydrogens is 215 g/mol. The van der Waals surface area contributed by atoms with E-state index in [1.165, 1.54) is 12.4 Å². The fourth-order valence-electron chi connectivity index (χ4n) is 1.39. The Morgan fingerprint density at radius 2 is 2.19 bits per heavy atom. The van der Waals surface area contributed by atoms with Crippen LogP contribution in [0.25, 0.3) is 5.69 Å². The Balaban J connectivity index is 2.72. The Bertz CT molecular complexity index is 600. The molecule has 82 valence electrons. The van der Waals surface area contributed by atoms with Crippen LogP contribution in [0.15, 0.2) is 35.4 Å². The van der Waals surface area contributed by atoms with Crippen LogP contribution in [0.2, 0.25) is 0 Å². The molecule has 1 aromatic heterocycles. The van der Waals surface area contributed by atoms with E-state index in [9.17, 15) is 14.0 Å². The first kappa shape index (κ1) is 10.2.